The summed E-state index contributed by atoms with van der Waals surface area (Å²) in [5.74, 6) is -0.369. The molecule has 0 saturated carbocycles. The largest absolute Gasteiger partial charge is 0.462 e. The monoisotopic (exact) mass is 429 g/mol. The van der Waals surface area contributed by atoms with E-state index in [1.165, 1.54) is 11.3 Å². The zero-order valence-electron chi connectivity index (χ0n) is 17.9. The summed E-state index contributed by atoms with van der Waals surface area (Å²) in [7, 11) is 0. The minimum absolute atomic E-state index is 0.224. The van der Waals surface area contributed by atoms with Gasteiger partial charge in [-0.25, -0.2) is 9.59 Å². The van der Waals surface area contributed by atoms with Crippen LogP contribution in [0.4, 0.5) is 10.5 Å². The number of nitrogens with zero attached hydrogens (tertiary/aromatic N) is 1. The highest BCUT2D eigenvalue weighted by molar-refractivity contribution is 7.21. The van der Waals surface area contributed by atoms with E-state index < -0.39 is 11.7 Å². The molecule has 160 valence electrons. The van der Waals surface area contributed by atoms with Gasteiger partial charge in [-0.15, -0.1) is 11.3 Å². The number of hydrogen-bond donors (Lipinski definition) is 2. The van der Waals surface area contributed by atoms with Gasteiger partial charge in [0.2, 0.25) is 0 Å². The molecule has 0 spiro atoms. The summed E-state index contributed by atoms with van der Waals surface area (Å²) in [5.41, 5.74) is 0.982. The van der Waals surface area contributed by atoms with Crippen LogP contribution in [0.25, 0.3) is 21.0 Å². The maximum Gasteiger partial charge on any atom is 0.407 e. The number of rotatable bonds is 6. The maximum absolute atomic E-state index is 12.6. The molecule has 0 aliphatic rings. The average molecular weight is 430 g/mol. The highest BCUT2D eigenvalue weighted by Crippen LogP contribution is 2.40. The number of carbonyl (C=O) groups excluding carboxylic acids is 2. The Morgan fingerprint density at radius 1 is 1.23 bits per heavy atom. The lowest BCUT2D eigenvalue weighted by Gasteiger charge is -2.22. The molecular formula is C22H27N3O4S. The van der Waals surface area contributed by atoms with Gasteiger partial charge in [0.05, 0.1) is 17.8 Å². The van der Waals surface area contributed by atoms with Gasteiger partial charge >= 0.3 is 12.1 Å². The fraction of sp³-hybridized carbons (Fsp3) is 0.409. The van der Waals surface area contributed by atoms with Crippen molar-refractivity contribution >= 4 is 50.1 Å². The van der Waals surface area contributed by atoms with Crippen molar-refractivity contribution in [3.05, 3.63) is 35.3 Å². The molecule has 2 heterocycles. The Labute approximate surface area is 179 Å². The number of thiophene rings is 1. The first-order valence-corrected chi connectivity index (χ1v) is 10.7. The van der Waals surface area contributed by atoms with E-state index in [0.29, 0.717) is 23.7 Å². The molecule has 1 amide bonds. The van der Waals surface area contributed by atoms with Crippen molar-refractivity contribution < 1.29 is 19.1 Å². The zero-order valence-corrected chi connectivity index (χ0v) is 18.7. The van der Waals surface area contributed by atoms with Crippen LogP contribution in [0.5, 0.6) is 0 Å². The SMILES string of the molecule is CCOC(=O)c1sc2ccc3ncccc3c2c1NC[C@@H](C)NC(=O)OC(C)(C)C. The van der Waals surface area contributed by atoms with Crippen molar-refractivity contribution in [1.82, 2.24) is 10.3 Å². The van der Waals surface area contributed by atoms with Gasteiger partial charge in [-0.05, 0) is 52.8 Å². The van der Waals surface area contributed by atoms with Crippen LogP contribution >= 0.6 is 11.3 Å². The van der Waals surface area contributed by atoms with Crippen LogP contribution in [0.2, 0.25) is 0 Å². The Morgan fingerprint density at radius 3 is 2.70 bits per heavy atom. The number of pyridine rings is 1. The van der Waals surface area contributed by atoms with Gasteiger partial charge in [0, 0.05) is 34.3 Å². The third-order valence-corrected chi connectivity index (χ3v) is 5.38. The third kappa shape index (κ3) is 4.99. The number of ether oxygens (including phenoxy) is 2. The lowest BCUT2D eigenvalue weighted by molar-refractivity contribution is 0.0505. The van der Waals surface area contributed by atoms with E-state index in [0.717, 1.165) is 21.0 Å². The molecule has 0 aliphatic carbocycles. The Morgan fingerprint density at radius 2 is 2.00 bits per heavy atom. The fourth-order valence-corrected chi connectivity index (χ4v) is 4.16. The van der Waals surface area contributed by atoms with Crippen LogP contribution in [0.3, 0.4) is 0 Å². The van der Waals surface area contributed by atoms with E-state index in [4.69, 9.17) is 9.47 Å². The highest BCUT2D eigenvalue weighted by Gasteiger charge is 2.23. The van der Waals surface area contributed by atoms with Crippen LogP contribution in [-0.2, 0) is 9.47 Å². The van der Waals surface area contributed by atoms with Gasteiger partial charge in [0.25, 0.3) is 0 Å². The first-order chi connectivity index (χ1) is 14.2. The summed E-state index contributed by atoms with van der Waals surface area (Å²) in [4.78, 5) is 29.6. The number of aromatic nitrogens is 1. The smallest absolute Gasteiger partial charge is 0.407 e. The normalized spacial score (nSPS) is 12.6. The summed E-state index contributed by atoms with van der Waals surface area (Å²) in [5, 5.41) is 8.04. The highest BCUT2D eigenvalue weighted by atomic mass is 32.1. The van der Waals surface area contributed by atoms with Crippen LogP contribution in [0, 0.1) is 0 Å². The molecule has 0 fully saturated rings. The molecule has 2 aromatic heterocycles. The molecule has 2 N–H and O–H groups in total. The van der Waals surface area contributed by atoms with Crippen LogP contribution < -0.4 is 10.6 Å². The predicted molar refractivity (Wildman–Crippen MR) is 120 cm³/mol. The van der Waals surface area contributed by atoms with E-state index in [1.807, 2.05) is 52.0 Å². The van der Waals surface area contributed by atoms with E-state index in [9.17, 15) is 9.59 Å². The molecule has 30 heavy (non-hydrogen) atoms. The second-order valence-corrected chi connectivity index (χ2v) is 9.02. The molecule has 8 heteroatoms. The van der Waals surface area contributed by atoms with Crippen LogP contribution in [-0.4, -0.2) is 41.8 Å². The molecule has 0 aliphatic heterocycles. The second kappa shape index (κ2) is 8.87. The van der Waals surface area contributed by atoms with Crippen molar-refractivity contribution in [2.45, 2.75) is 46.3 Å². The number of esters is 1. The van der Waals surface area contributed by atoms with E-state index in [-0.39, 0.29) is 12.0 Å². The number of nitrogens with one attached hydrogen (secondary N) is 2. The number of anilines is 1. The topological polar surface area (TPSA) is 89.5 Å². The minimum atomic E-state index is -0.566. The molecule has 0 unspecified atom stereocenters. The standard InChI is InChI=1S/C22H27N3O4S/c1-6-28-20(26)19-18(24-12-13(2)25-21(27)29-22(3,4)5)17-14-8-7-11-23-15(14)9-10-16(17)30-19/h7-11,13,24H,6,12H2,1-5H3,(H,25,27)/t13-/m1/s1. The van der Waals surface area contributed by atoms with Crippen LogP contribution in [0.1, 0.15) is 44.3 Å². The molecule has 3 rings (SSSR count). The van der Waals surface area contributed by atoms with Crippen LogP contribution in [0.15, 0.2) is 30.5 Å². The first-order valence-electron chi connectivity index (χ1n) is 9.90. The maximum atomic E-state index is 12.6. The molecule has 0 radical (unpaired) electrons. The van der Waals surface area contributed by atoms with Gasteiger partial charge in [0.15, 0.2) is 0 Å². The van der Waals surface area contributed by atoms with Gasteiger partial charge in [-0.1, -0.05) is 6.07 Å². The van der Waals surface area contributed by atoms with Gasteiger partial charge in [-0.3, -0.25) is 4.98 Å². The first kappa shape index (κ1) is 21.8. The Kier molecular flexibility index (Phi) is 6.45. The average Bonchev–Trinajstić information content (AvgIpc) is 3.04. The number of hydrogen-bond acceptors (Lipinski definition) is 7. The van der Waals surface area contributed by atoms with Gasteiger partial charge in [0.1, 0.15) is 10.5 Å². The van der Waals surface area contributed by atoms with Crippen molar-refractivity contribution in [2.24, 2.45) is 0 Å². The van der Waals surface area contributed by atoms with Crippen molar-refractivity contribution in [1.29, 1.82) is 0 Å². The van der Waals surface area contributed by atoms with E-state index in [1.54, 1.807) is 13.1 Å². The number of alkyl carbamates (subject to hydrolysis) is 1. The van der Waals surface area contributed by atoms with E-state index in [2.05, 4.69) is 15.6 Å². The number of fused-ring (bicyclic) bond motifs is 3. The Bertz CT molecular complexity index is 1070. The molecular weight excluding hydrogens is 402 g/mol. The van der Waals surface area contributed by atoms with Crippen molar-refractivity contribution in [3.8, 4) is 0 Å². The second-order valence-electron chi connectivity index (χ2n) is 7.96. The predicted octanol–water partition coefficient (Wildman–Crippen LogP) is 4.95. The lowest BCUT2D eigenvalue weighted by Crippen LogP contribution is -2.40. The Hall–Kier alpha value is -2.87. The number of benzene rings is 1. The van der Waals surface area contributed by atoms with Crippen molar-refractivity contribution in [3.63, 3.8) is 0 Å². The lowest BCUT2D eigenvalue weighted by atomic mass is 10.1. The summed E-state index contributed by atoms with van der Waals surface area (Å²) in [6, 6.07) is 7.54. The molecule has 1 atom stereocenters. The molecule has 0 bridgehead atoms. The molecule has 3 aromatic rings. The van der Waals surface area contributed by atoms with Gasteiger partial charge < -0.3 is 20.1 Å². The summed E-state index contributed by atoms with van der Waals surface area (Å²) in [6.07, 6.45) is 1.26. The molecule has 7 nitrogen and oxygen atoms in total. The van der Waals surface area contributed by atoms with Gasteiger partial charge in [-0.2, -0.15) is 0 Å². The molecule has 0 saturated heterocycles. The quantitative estimate of drug-likeness (QED) is 0.539. The molecule has 1 aromatic carbocycles. The minimum Gasteiger partial charge on any atom is -0.462 e. The fourth-order valence-electron chi connectivity index (χ4n) is 3.07. The number of amides is 1. The summed E-state index contributed by atoms with van der Waals surface area (Å²) >= 11 is 1.38. The summed E-state index contributed by atoms with van der Waals surface area (Å²) < 4.78 is 11.5. The van der Waals surface area contributed by atoms with Crippen molar-refractivity contribution in [2.75, 3.05) is 18.5 Å². The summed E-state index contributed by atoms with van der Waals surface area (Å²) in [6.45, 7) is 9.81. The zero-order chi connectivity index (χ0) is 21.9. The van der Waals surface area contributed by atoms with E-state index >= 15 is 0 Å². The third-order valence-electron chi connectivity index (χ3n) is 4.24. The Balaban J connectivity index is 1.90. The number of carbonyl (C=O) groups is 2.